The highest BCUT2D eigenvalue weighted by Gasteiger charge is 2.70. The number of carbonyl (C=O) groups is 3. The highest BCUT2D eigenvalue weighted by Crippen LogP contribution is 2.62. The number of anilines is 1. The zero-order chi connectivity index (χ0) is 29.0. The van der Waals surface area contributed by atoms with Crippen LogP contribution < -0.4 is 5.32 Å². The Labute approximate surface area is 243 Å². The van der Waals surface area contributed by atoms with E-state index in [0.29, 0.717) is 16.8 Å². The van der Waals surface area contributed by atoms with E-state index < -0.39 is 29.2 Å². The molecule has 0 saturated carbocycles. The van der Waals surface area contributed by atoms with Gasteiger partial charge in [-0.15, -0.1) is 0 Å². The minimum atomic E-state index is -1.39. The molecule has 3 aliphatic rings. The molecular weight excluding hydrogens is 527 g/mol. The number of hydrogen-bond acceptors (Lipinski definition) is 4. The van der Waals surface area contributed by atoms with Crippen molar-refractivity contribution in [1.29, 1.82) is 0 Å². The first-order valence-corrected chi connectivity index (χ1v) is 14.3. The van der Waals surface area contributed by atoms with Crippen molar-refractivity contribution in [2.24, 2.45) is 5.92 Å². The molecule has 208 valence electrons. The Kier molecular flexibility index (Phi) is 6.15. The van der Waals surface area contributed by atoms with E-state index >= 15 is 0 Å². The number of nitrogens with one attached hydrogen (secondary N) is 1. The fourth-order valence-electron chi connectivity index (χ4n) is 7.26. The first kappa shape index (κ1) is 26.1. The predicted octanol–water partition coefficient (Wildman–Crippen LogP) is 6.76. The van der Waals surface area contributed by atoms with Crippen molar-refractivity contribution in [1.82, 2.24) is 4.90 Å². The normalized spacial score (nSPS) is 23.3. The molecular formula is C36H29FN2O3. The lowest BCUT2D eigenvalue weighted by atomic mass is 9.62. The quantitative estimate of drug-likeness (QED) is 0.267. The third-order valence-electron chi connectivity index (χ3n) is 9.03. The highest BCUT2D eigenvalue weighted by atomic mass is 19.1. The van der Waals surface area contributed by atoms with Crippen LogP contribution in [-0.4, -0.2) is 28.4 Å². The van der Waals surface area contributed by atoms with E-state index in [1.165, 1.54) is 24.3 Å². The van der Waals surface area contributed by atoms with Gasteiger partial charge in [-0.3, -0.25) is 14.4 Å². The maximum atomic E-state index is 14.8. The molecule has 1 fully saturated rings. The second-order valence-corrected chi connectivity index (χ2v) is 11.3. The Balaban J connectivity index is 1.50. The summed E-state index contributed by atoms with van der Waals surface area (Å²) < 4.78 is 13.9. The Morgan fingerprint density at radius 2 is 1.52 bits per heavy atom. The Morgan fingerprint density at radius 1 is 0.857 bits per heavy atom. The van der Waals surface area contributed by atoms with E-state index in [1.807, 2.05) is 77.8 Å². The minimum Gasteiger partial charge on any atom is -0.358 e. The number of carbonyl (C=O) groups excluding carboxylic acids is 3. The zero-order valence-electron chi connectivity index (χ0n) is 23.1. The number of halogens is 1. The van der Waals surface area contributed by atoms with E-state index in [-0.39, 0.29) is 23.0 Å². The maximum Gasteiger partial charge on any atom is 0.238 e. The summed E-state index contributed by atoms with van der Waals surface area (Å²) >= 11 is 0. The van der Waals surface area contributed by atoms with Gasteiger partial charge in [0.05, 0.1) is 12.0 Å². The molecule has 0 aliphatic carbocycles. The molecule has 1 amide bonds. The zero-order valence-corrected chi connectivity index (χ0v) is 23.1. The number of para-hydroxylation sites is 1. The molecule has 0 bridgehead atoms. The number of hydrogen-bond donors (Lipinski definition) is 1. The third kappa shape index (κ3) is 3.71. The number of amides is 1. The molecule has 0 aromatic heterocycles. The van der Waals surface area contributed by atoms with Gasteiger partial charge in [0, 0.05) is 23.0 Å². The lowest BCUT2D eigenvalue weighted by molar-refractivity contribution is -0.122. The molecule has 0 radical (unpaired) electrons. The van der Waals surface area contributed by atoms with Crippen molar-refractivity contribution in [2.75, 3.05) is 5.32 Å². The summed E-state index contributed by atoms with van der Waals surface area (Å²) in [5.41, 5.74) is 3.60. The lowest BCUT2D eigenvalue weighted by Gasteiger charge is -2.38. The van der Waals surface area contributed by atoms with Crippen LogP contribution >= 0.6 is 0 Å². The van der Waals surface area contributed by atoms with Gasteiger partial charge in [0.25, 0.3) is 0 Å². The molecule has 1 spiro atoms. The number of nitrogens with zero attached hydrogens (tertiary/aromatic N) is 1. The van der Waals surface area contributed by atoms with Crippen molar-refractivity contribution < 1.29 is 18.8 Å². The van der Waals surface area contributed by atoms with Gasteiger partial charge in [0.1, 0.15) is 17.3 Å². The summed E-state index contributed by atoms with van der Waals surface area (Å²) in [6.07, 6.45) is 5.63. The van der Waals surface area contributed by atoms with Gasteiger partial charge in [-0.1, -0.05) is 80.1 Å². The largest absolute Gasteiger partial charge is 0.358 e. The summed E-state index contributed by atoms with van der Waals surface area (Å²) in [5.74, 6) is -2.43. The third-order valence-corrected chi connectivity index (χ3v) is 9.03. The average molecular weight is 557 g/mol. The van der Waals surface area contributed by atoms with Crippen LogP contribution in [0, 0.1) is 11.7 Å². The van der Waals surface area contributed by atoms with Crippen LogP contribution in [0.3, 0.4) is 0 Å². The summed E-state index contributed by atoms with van der Waals surface area (Å²) in [6.45, 7) is 2.10. The van der Waals surface area contributed by atoms with E-state index in [4.69, 9.17) is 0 Å². The first-order chi connectivity index (χ1) is 20.4. The van der Waals surface area contributed by atoms with Crippen LogP contribution in [0.15, 0.2) is 103 Å². The molecule has 3 heterocycles. The second kappa shape index (κ2) is 9.91. The van der Waals surface area contributed by atoms with Crippen LogP contribution in [0.1, 0.15) is 62.4 Å². The van der Waals surface area contributed by atoms with Gasteiger partial charge >= 0.3 is 0 Å². The number of Topliss-reactive ketones (excluding diaryl/α,β-unsaturated/α-hetero) is 2. The van der Waals surface area contributed by atoms with Gasteiger partial charge in [-0.05, 0) is 65.1 Å². The molecule has 6 heteroatoms. The van der Waals surface area contributed by atoms with Crippen LogP contribution in [0.5, 0.6) is 0 Å². The molecule has 3 aliphatic heterocycles. The number of aryl methyl sites for hydroxylation is 1. The van der Waals surface area contributed by atoms with Gasteiger partial charge in [-0.2, -0.15) is 0 Å². The molecule has 42 heavy (non-hydrogen) atoms. The fraction of sp³-hybridized carbons (Fsp3) is 0.194. The summed E-state index contributed by atoms with van der Waals surface area (Å²) in [4.78, 5) is 45.7. The van der Waals surface area contributed by atoms with Crippen molar-refractivity contribution in [3.05, 3.63) is 142 Å². The maximum absolute atomic E-state index is 14.8. The van der Waals surface area contributed by atoms with Crippen molar-refractivity contribution in [3.8, 4) is 0 Å². The van der Waals surface area contributed by atoms with Crippen molar-refractivity contribution >= 4 is 29.2 Å². The Morgan fingerprint density at radius 3 is 2.29 bits per heavy atom. The predicted molar refractivity (Wildman–Crippen MR) is 160 cm³/mol. The van der Waals surface area contributed by atoms with Gasteiger partial charge in [-0.25, -0.2) is 4.39 Å². The molecule has 4 atom stereocenters. The second-order valence-electron chi connectivity index (χ2n) is 11.3. The average Bonchev–Trinajstić information content (AvgIpc) is 3.49. The monoisotopic (exact) mass is 556 g/mol. The topological polar surface area (TPSA) is 66.5 Å². The van der Waals surface area contributed by atoms with Crippen molar-refractivity contribution in [2.45, 2.75) is 37.3 Å². The van der Waals surface area contributed by atoms with Crippen LogP contribution in [0.25, 0.3) is 6.08 Å². The smallest absolute Gasteiger partial charge is 0.238 e. The van der Waals surface area contributed by atoms with E-state index in [2.05, 4.69) is 12.2 Å². The van der Waals surface area contributed by atoms with Gasteiger partial charge in [0.15, 0.2) is 11.6 Å². The molecule has 4 aromatic rings. The van der Waals surface area contributed by atoms with Crippen LogP contribution in [0.4, 0.5) is 10.1 Å². The van der Waals surface area contributed by atoms with E-state index in [1.54, 1.807) is 12.1 Å². The highest BCUT2D eigenvalue weighted by molar-refractivity contribution is 6.16. The van der Waals surface area contributed by atoms with Gasteiger partial charge in [0.2, 0.25) is 5.91 Å². The Bertz CT molecular complexity index is 1760. The minimum absolute atomic E-state index is 0.273. The molecule has 5 nitrogen and oxygen atoms in total. The van der Waals surface area contributed by atoms with E-state index in [0.717, 1.165) is 29.5 Å². The molecule has 1 N–H and O–H groups in total. The molecule has 4 unspecified atom stereocenters. The SMILES string of the molecule is CCCc1ccc(C(=O)C2C(C(=O)c3ccc(F)cc3)N3C=Cc4ccccc4C3C23C(=O)Nc2ccccc23)cc1. The Hall–Kier alpha value is -4.84. The standard InChI is InChI=1S/C36H29FN2O3/c1-2-7-22-12-14-24(15-13-22)32(40)30-31(33(41)25-16-18-26(37)19-17-25)39-21-20-23-8-3-4-9-27(23)34(39)36(30)28-10-5-6-11-29(28)38-35(36)42/h3-6,8-21,30-31,34H,2,7H2,1H3,(H,38,42). The first-order valence-electron chi connectivity index (χ1n) is 14.3. The summed E-state index contributed by atoms with van der Waals surface area (Å²) in [5, 5.41) is 3.06. The number of benzene rings is 4. The summed E-state index contributed by atoms with van der Waals surface area (Å²) in [7, 11) is 0. The number of fused-ring (bicyclic) bond motifs is 6. The number of rotatable bonds is 6. The van der Waals surface area contributed by atoms with Crippen molar-refractivity contribution in [3.63, 3.8) is 0 Å². The van der Waals surface area contributed by atoms with Crippen LogP contribution in [0.2, 0.25) is 0 Å². The summed E-state index contributed by atoms with van der Waals surface area (Å²) in [6, 6.07) is 26.5. The van der Waals surface area contributed by atoms with E-state index in [9.17, 15) is 18.8 Å². The van der Waals surface area contributed by atoms with Crippen LogP contribution in [-0.2, 0) is 16.6 Å². The molecule has 7 rings (SSSR count). The molecule has 1 saturated heterocycles. The molecule has 4 aromatic carbocycles. The van der Waals surface area contributed by atoms with Gasteiger partial charge < -0.3 is 10.2 Å². The number of ketones is 2. The lowest BCUT2D eigenvalue weighted by Crippen LogP contribution is -2.49. The fourth-order valence-corrected chi connectivity index (χ4v) is 7.26.